The van der Waals surface area contributed by atoms with Gasteiger partial charge >= 0.3 is 0 Å². The van der Waals surface area contributed by atoms with Gasteiger partial charge in [-0.25, -0.2) is 8.42 Å². The summed E-state index contributed by atoms with van der Waals surface area (Å²) < 4.78 is 30.6. The second-order valence-corrected chi connectivity index (χ2v) is 6.90. The molecule has 0 aliphatic rings. The van der Waals surface area contributed by atoms with E-state index in [0.29, 0.717) is 22.9 Å². The molecule has 0 saturated heterocycles. The lowest BCUT2D eigenvalue weighted by molar-refractivity contribution is 0.339. The summed E-state index contributed by atoms with van der Waals surface area (Å²) in [6, 6.07) is 14.4. The topological polar surface area (TPSA) is 67.2 Å². The van der Waals surface area contributed by atoms with Gasteiger partial charge in [-0.2, -0.15) is 5.26 Å². The number of nitrogens with zero attached hydrogens (tertiary/aromatic N) is 1. The van der Waals surface area contributed by atoms with Crippen LogP contribution in [0.25, 0.3) is 6.08 Å². The first kappa shape index (κ1) is 17.1. The summed E-state index contributed by atoms with van der Waals surface area (Å²) in [7, 11) is -3.91. The lowest BCUT2D eigenvalue weighted by Crippen LogP contribution is -2.03. The Kier molecular flexibility index (Phi) is 5.43. The first-order valence-corrected chi connectivity index (χ1v) is 8.69. The smallest absolute Gasteiger partial charge is 0.216 e. The van der Waals surface area contributed by atoms with Crippen LogP contribution in [0.5, 0.6) is 5.75 Å². The quantitative estimate of drug-likeness (QED) is 0.764. The first-order valence-electron chi connectivity index (χ1n) is 6.83. The van der Waals surface area contributed by atoms with Crippen molar-refractivity contribution in [1.29, 1.82) is 5.26 Å². The van der Waals surface area contributed by atoms with E-state index in [0.717, 1.165) is 0 Å². The minimum absolute atomic E-state index is 0.0172. The molecule has 118 valence electrons. The Labute approximate surface area is 140 Å². The van der Waals surface area contributed by atoms with Crippen LogP contribution < -0.4 is 4.74 Å². The van der Waals surface area contributed by atoms with E-state index in [9.17, 15) is 13.7 Å². The van der Waals surface area contributed by atoms with E-state index in [1.807, 2.05) is 6.92 Å². The van der Waals surface area contributed by atoms with Crippen molar-refractivity contribution in [2.45, 2.75) is 11.8 Å². The van der Waals surface area contributed by atoms with E-state index >= 15 is 0 Å². The summed E-state index contributed by atoms with van der Waals surface area (Å²) in [6.07, 6.45) is 1.31. The van der Waals surface area contributed by atoms with Gasteiger partial charge in [0.05, 0.1) is 11.5 Å². The fourth-order valence-electron chi connectivity index (χ4n) is 1.94. The molecule has 0 atom stereocenters. The van der Waals surface area contributed by atoms with Crippen molar-refractivity contribution in [2.24, 2.45) is 0 Å². The molecule has 0 aromatic heterocycles. The highest BCUT2D eigenvalue weighted by Crippen LogP contribution is 2.26. The Morgan fingerprint density at radius 2 is 1.87 bits per heavy atom. The highest BCUT2D eigenvalue weighted by atomic mass is 35.5. The van der Waals surface area contributed by atoms with Crippen molar-refractivity contribution >= 4 is 27.5 Å². The number of nitriles is 1. The number of hydrogen-bond acceptors (Lipinski definition) is 4. The molecule has 2 rings (SSSR count). The van der Waals surface area contributed by atoms with E-state index in [2.05, 4.69) is 0 Å². The first-order chi connectivity index (χ1) is 11.0. The Morgan fingerprint density at radius 3 is 2.48 bits per heavy atom. The van der Waals surface area contributed by atoms with E-state index in [1.54, 1.807) is 30.3 Å². The van der Waals surface area contributed by atoms with Crippen LogP contribution in [0.3, 0.4) is 0 Å². The van der Waals surface area contributed by atoms with Crippen LogP contribution in [-0.4, -0.2) is 15.0 Å². The van der Waals surface area contributed by atoms with Crippen molar-refractivity contribution in [3.8, 4) is 11.8 Å². The van der Waals surface area contributed by atoms with Gasteiger partial charge in [0.15, 0.2) is 0 Å². The van der Waals surface area contributed by atoms with Crippen molar-refractivity contribution in [1.82, 2.24) is 0 Å². The largest absolute Gasteiger partial charge is 0.493 e. The van der Waals surface area contributed by atoms with Crippen LogP contribution in [0.15, 0.2) is 58.3 Å². The van der Waals surface area contributed by atoms with Gasteiger partial charge in [0.1, 0.15) is 16.7 Å². The molecule has 0 bridgehead atoms. The molecule has 0 aliphatic carbocycles. The number of para-hydroxylation sites is 1. The lowest BCUT2D eigenvalue weighted by Gasteiger charge is -2.08. The monoisotopic (exact) mass is 347 g/mol. The van der Waals surface area contributed by atoms with E-state index in [4.69, 9.17) is 16.3 Å². The molecule has 0 radical (unpaired) electrons. The normalized spacial score (nSPS) is 11.8. The molecule has 0 unspecified atom stereocenters. The van der Waals surface area contributed by atoms with Crippen LogP contribution in [0, 0.1) is 11.3 Å². The second-order valence-electron chi connectivity index (χ2n) is 4.55. The Morgan fingerprint density at radius 1 is 1.22 bits per heavy atom. The third-order valence-electron chi connectivity index (χ3n) is 3.03. The van der Waals surface area contributed by atoms with Gasteiger partial charge in [-0.15, -0.1) is 0 Å². The van der Waals surface area contributed by atoms with Crippen LogP contribution in [0.1, 0.15) is 12.5 Å². The molecule has 0 spiro atoms. The van der Waals surface area contributed by atoms with Gasteiger partial charge in [-0.3, -0.25) is 0 Å². The number of halogens is 1. The maximum absolute atomic E-state index is 12.6. The molecule has 2 aromatic rings. The molecule has 0 N–H and O–H groups in total. The van der Waals surface area contributed by atoms with E-state index in [-0.39, 0.29) is 9.80 Å². The molecule has 6 heteroatoms. The molecule has 23 heavy (non-hydrogen) atoms. The van der Waals surface area contributed by atoms with Gasteiger partial charge in [-0.05, 0) is 43.3 Å². The number of hydrogen-bond donors (Lipinski definition) is 0. The van der Waals surface area contributed by atoms with Crippen molar-refractivity contribution < 1.29 is 13.2 Å². The predicted molar refractivity (Wildman–Crippen MR) is 89.8 cm³/mol. The van der Waals surface area contributed by atoms with Gasteiger partial charge in [0.2, 0.25) is 9.84 Å². The zero-order valence-corrected chi connectivity index (χ0v) is 13.9. The van der Waals surface area contributed by atoms with Crippen LogP contribution in [0.4, 0.5) is 0 Å². The fraction of sp³-hybridized carbons (Fsp3) is 0.118. The Hall–Kier alpha value is -2.29. The summed E-state index contributed by atoms with van der Waals surface area (Å²) in [4.78, 5) is -0.337. The van der Waals surface area contributed by atoms with E-state index < -0.39 is 9.84 Å². The SMILES string of the molecule is CCOc1ccccc1/C=C(\C#N)S(=O)(=O)c1ccc(Cl)cc1. The number of sulfone groups is 1. The van der Waals surface area contributed by atoms with Crippen LogP contribution >= 0.6 is 11.6 Å². The Balaban J connectivity index is 2.51. The molecule has 0 amide bonds. The molecule has 0 fully saturated rings. The third-order valence-corrected chi connectivity index (χ3v) is 4.96. The second kappa shape index (κ2) is 7.32. The van der Waals surface area contributed by atoms with Gasteiger partial charge in [0.25, 0.3) is 0 Å². The number of allylic oxidation sites excluding steroid dienone is 1. The summed E-state index contributed by atoms with van der Waals surface area (Å²) in [5.41, 5.74) is 0.531. The average Bonchev–Trinajstić information content (AvgIpc) is 2.54. The Bertz CT molecular complexity index is 865. The minimum atomic E-state index is -3.91. The number of benzene rings is 2. The highest BCUT2D eigenvalue weighted by molar-refractivity contribution is 7.95. The molecule has 0 heterocycles. The van der Waals surface area contributed by atoms with E-state index in [1.165, 1.54) is 30.3 Å². The molecule has 0 saturated carbocycles. The molecular formula is C17H14ClNO3S. The maximum atomic E-state index is 12.6. The number of ether oxygens (including phenoxy) is 1. The third kappa shape index (κ3) is 3.92. The molecule has 4 nitrogen and oxygen atoms in total. The standard InChI is InChI=1S/C17H14ClNO3S/c1-2-22-17-6-4-3-5-13(17)11-16(12-19)23(20,21)15-9-7-14(18)8-10-15/h3-11H,2H2,1H3/b16-11+. The summed E-state index contributed by atoms with van der Waals surface area (Å²) in [6.45, 7) is 2.27. The summed E-state index contributed by atoms with van der Waals surface area (Å²) >= 11 is 5.77. The predicted octanol–water partition coefficient (Wildman–Crippen LogP) is 4.08. The number of rotatable bonds is 5. The van der Waals surface area contributed by atoms with Gasteiger partial charge in [0, 0.05) is 10.6 Å². The lowest BCUT2D eigenvalue weighted by atomic mass is 10.2. The van der Waals surface area contributed by atoms with Crippen molar-refractivity contribution in [2.75, 3.05) is 6.61 Å². The fourth-order valence-corrected chi connectivity index (χ4v) is 3.22. The maximum Gasteiger partial charge on any atom is 0.216 e. The zero-order valence-electron chi connectivity index (χ0n) is 12.4. The summed E-state index contributed by atoms with van der Waals surface area (Å²) in [5, 5.41) is 9.72. The molecular weight excluding hydrogens is 334 g/mol. The van der Waals surface area contributed by atoms with Crippen LogP contribution in [0.2, 0.25) is 5.02 Å². The summed E-state index contributed by atoms with van der Waals surface area (Å²) in [5.74, 6) is 0.522. The highest BCUT2D eigenvalue weighted by Gasteiger charge is 2.21. The van der Waals surface area contributed by atoms with Crippen molar-refractivity contribution in [3.05, 3.63) is 64.0 Å². The minimum Gasteiger partial charge on any atom is -0.493 e. The van der Waals surface area contributed by atoms with Gasteiger partial charge < -0.3 is 4.74 Å². The van der Waals surface area contributed by atoms with Crippen LogP contribution in [-0.2, 0) is 9.84 Å². The molecule has 0 aliphatic heterocycles. The average molecular weight is 348 g/mol. The zero-order chi connectivity index (χ0) is 16.9. The van der Waals surface area contributed by atoms with Crippen molar-refractivity contribution in [3.63, 3.8) is 0 Å². The van der Waals surface area contributed by atoms with Gasteiger partial charge in [-0.1, -0.05) is 29.8 Å². The molecule has 2 aromatic carbocycles.